The van der Waals surface area contributed by atoms with Gasteiger partial charge in [-0.25, -0.2) is 0 Å². The van der Waals surface area contributed by atoms with Gasteiger partial charge >= 0.3 is 0 Å². The molecule has 1 fully saturated rings. The molecule has 0 amide bonds. The second-order valence-corrected chi connectivity index (χ2v) is 6.64. The van der Waals surface area contributed by atoms with Crippen molar-refractivity contribution in [3.63, 3.8) is 0 Å². The standard InChI is InChI=1S/C15H27N3O/c1-12-9-13(2)18(16-12)10-14-5-7-17(8-6-14)11-15(3,4)19/h9,14,19H,5-8,10-11H2,1-4H3. The molecule has 19 heavy (non-hydrogen) atoms. The highest BCUT2D eigenvalue weighted by Crippen LogP contribution is 2.21. The Morgan fingerprint density at radius 2 is 1.95 bits per heavy atom. The van der Waals surface area contributed by atoms with Crippen LogP contribution in [0.15, 0.2) is 6.07 Å². The summed E-state index contributed by atoms with van der Waals surface area (Å²) in [6, 6.07) is 2.14. The molecule has 4 heteroatoms. The third-order valence-corrected chi connectivity index (χ3v) is 3.85. The Labute approximate surface area is 116 Å². The summed E-state index contributed by atoms with van der Waals surface area (Å²) in [7, 11) is 0. The Bertz CT molecular complexity index is 412. The Hall–Kier alpha value is -0.870. The molecule has 4 nitrogen and oxygen atoms in total. The highest BCUT2D eigenvalue weighted by molar-refractivity contribution is 5.06. The molecule has 0 saturated carbocycles. The molecule has 1 aromatic rings. The van der Waals surface area contributed by atoms with Crippen molar-refractivity contribution in [1.82, 2.24) is 14.7 Å². The Morgan fingerprint density at radius 3 is 2.42 bits per heavy atom. The lowest BCUT2D eigenvalue weighted by Gasteiger charge is -2.35. The maximum absolute atomic E-state index is 9.85. The van der Waals surface area contributed by atoms with Gasteiger partial charge in [-0.1, -0.05) is 0 Å². The summed E-state index contributed by atoms with van der Waals surface area (Å²) in [5.41, 5.74) is 1.79. The quantitative estimate of drug-likeness (QED) is 0.905. The van der Waals surface area contributed by atoms with Crippen molar-refractivity contribution in [3.05, 3.63) is 17.5 Å². The molecule has 2 heterocycles. The first-order chi connectivity index (χ1) is 8.83. The maximum Gasteiger partial charge on any atom is 0.0718 e. The fraction of sp³-hybridized carbons (Fsp3) is 0.800. The van der Waals surface area contributed by atoms with Crippen LogP contribution < -0.4 is 0 Å². The van der Waals surface area contributed by atoms with E-state index in [1.165, 1.54) is 18.5 Å². The molecule has 1 N–H and O–H groups in total. The average molecular weight is 265 g/mol. The van der Waals surface area contributed by atoms with E-state index >= 15 is 0 Å². The lowest BCUT2D eigenvalue weighted by molar-refractivity contribution is 0.0231. The molecule has 1 saturated heterocycles. The van der Waals surface area contributed by atoms with Gasteiger partial charge < -0.3 is 10.0 Å². The van der Waals surface area contributed by atoms with Crippen molar-refractivity contribution in [2.75, 3.05) is 19.6 Å². The summed E-state index contributed by atoms with van der Waals surface area (Å²) in [4.78, 5) is 2.37. The number of hydrogen-bond donors (Lipinski definition) is 1. The zero-order valence-corrected chi connectivity index (χ0v) is 12.7. The van der Waals surface area contributed by atoms with Crippen LogP contribution in [0, 0.1) is 19.8 Å². The van der Waals surface area contributed by atoms with E-state index in [-0.39, 0.29) is 0 Å². The van der Waals surface area contributed by atoms with E-state index in [1.54, 1.807) is 0 Å². The number of likely N-dealkylation sites (tertiary alicyclic amines) is 1. The lowest BCUT2D eigenvalue weighted by atomic mass is 9.95. The van der Waals surface area contributed by atoms with Gasteiger partial charge in [-0.15, -0.1) is 0 Å². The van der Waals surface area contributed by atoms with Crippen LogP contribution in [0.3, 0.4) is 0 Å². The van der Waals surface area contributed by atoms with E-state index in [0.29, 0.717) is 0 Å². The first-order valence-corrected chi connectivity index (χ1v) is 7.29. The molecule has 0 aromatic carbocycles. The molecule has 1 aliphatic rings. The van der Waals surface area contributed by atoms with Crippen LogP contribution in [0.25, 0.3) is 0 Å². The first-order valence-electron chi connectivity index (χ1n) is 7.29. The topological polar surface area (TPSA) is 41.3 Å². The SMILES string of the molecule is Cc1cc(C)n(CC2CCN(CC(C)(C)O)CC2)n1. The van der Waals surface area contributed by atoms with E-state index in [1.807, 2.05) is 13.8 Å². The molecule has 0 radical (unpaired) electrons. The second kappa shape index (κ2) is 5.63. The van der Waals surface area contributed by atoms with Gasteiger partial charge in [0, 0.05) is 18.8 Å². The fourth-order valence-electron chi connectivity index (χ4n) is 2.98. The van der Waals surface area contributed by atoms with Crippen LogP contribution in [0.1, 0.15) is 38.1 Å². The minimum absolute atomic E-state index is 0.581. The van der Waals surface area contributed by atoms with Crippen LogP contribution in [0.2, 0.25) is 0 Å². The number of rotatable bonds is 4. The van der Waals surface area contributed by atoms with Crippen LogP contribution >= 0.6 is 0 Å². The monoisotopic (exact) mass is 265 g/mol. The predicted octanol–water partition coefficient (Wildman–Crippen LogP) is 1.98. The predicted molar refractivity (Wildman–Crippen MR) is 77.2 cm³/mol. The van der Waals surface area contributed by atoms with Gasteiger partial charge in [-0.2, -0.15) is 5.10 Å². The number of piperidine rings is 1. The fourth-order valence-corrected chi connectivity index (χ4v) is 2.98. The Kier molecular flexibility index (Phi) is 4.31. The number of aliphatic hydroxyl groups is 1. The van der Waals surface area contributed by atoms with Crippen molar-refractivity contribution in [3.8, 4) is 0 Å². The third-order valence-electron chi connectivity index (χ3n) is 3.85. The minimum atomic E-state index is -0.581. The van der Waals surface area contributed by atoms with Gasteiger partial charge in [-0.05, 0) is 65.6 Å². The van der Waals surface area contributed by atoms with E-state index < -0.39 is 5.60 Å². The molecule has 0 aliphatic carbocycles. The molecule has 108 valence electrons. The van der Waals surface area contributed by atoms with Crippen LogP contribution in [0.4, 0.5) is 0 Å². The molecule has 0 unspecified atom stereocenters. The van der Waals surface area contributed by atoms with Gasteiger partial charge in [0.2, 0.25) is 0 Å². The number of nitrogens with zero attached hydrogens (tertiary/aromatic N) is 3. The summed E-state index contributed by atoms with van der Waals surface area (Å²) in [5.74, 6) is 0.719. The molecule has 2 rings (SSSR count). The van der Waals surface area contributed by atoms with E-state index in [4.69, 9.17) is 0 Å². The van der Waals surface area contributed by atoms with Gasteiger partial charge in [0.1, 0.15) is 0 Å². The summed E-state index contributed by atoms with van der Waals surface area (Å²) < 4.78 is 2.14. The molecule has 1 aliphatic heterocycles. The first kappa shape index (κ1) is 14.5. The summed E-state index contributed by atoms with van der Waals surface area (Å²) >= 11 is 0. The summed E-state index contributed by atoms with van der Waals surface area (Å²) in [6.45, 7) is 11.9. The van der Waals surface area contributed by atoms with Gasteiger partial charge in [0.25, 0.3) is 0 Å². The van der Waals surface area contributed by atoms with Gasteiger partial charge in [0.05, 0.1) is 11.3 Å². The van der Waals surface area contributed by atoms with Crippen molar-refractivity contribution in [2.45, 2.75) is 52.7 Å². The van der Waals surface area contributed by atoms with E-state index in [2.05, 4.69) is 34.6 Å². The van der Waals surface area contributed by atoms with Crippen LogP contribution in [-0.4, -0.2) is 45.0 Å². The van der Waals surface area contributed by atoms with Crippen molar-refractivity contribution >= 4 is 0 Å². The van der Waals surface area contributed by atoms with Crippen molar-refractivity contribution < 1.29 is 5.11 Å². The second-order valence-electron chi connectivity index (χ2n) is 6.64. The Balaban J connectivity index is 1.82. The number of hydrogen-bond acceptors (Lipinski definition) is 3. The van der Waals surface area contributed by atoms with Gasteiger partial charge in [-0.3, -0.25) is 4.68 Å². The molecule has 0 atom stereocenters. The summed E-state index contributed by atoms with van der Waals surface area (Å²) in [5, 5.41) is 14.4. The highest BCUT2D eigenvalue weighted by Gasteiger charge is 2.24. The number of β-amino-alcohol motifs (C(OH)–C–C–N with tert-alkyl or cyclic N) is 1. The maximum atomic E-state index is 9.85. The zero-order chi connectivity index (χ0) is 14.0. The minimum Gasteiger partial charge on any atom is -0.389 e. The number of aromatic nitrogens is 2. The summed E-state index contributed by atoms with van der Waals surface area (Å²) in [6.07, 6.45) is 2.41. The molecule has 0 bridgehead atoms. The van der Waals surface area contributed by atoms with Crippen molar-refractivity contribution in [2.24, 2.45) is 5.92 Å². The van der Waals surface area contributed by atoms with Crippen LogP contribution in [-0.2, 0) is 6.54 Å². The smallest absolute Gasteiger partial charge is 0.0718 e. The largest absolute Gasteiger partial charge is 0.389 e. The van der Waals surface area contributed by atoms with Gasteiger partial charge in [0.15, 0.2) is 0 Å². The third kappa shape index (κ3) is 4.32. The molecule has 1 aromatic heterocycles. The molecule has 0 spiro atoms. The average Bonchev–Trinajstić information content (AvgIpc) is 2.58. The van der Waals surface area contributed by atoms with Crippen molar-refractivity contribution in [1.29, 1.82) is 0 Å². The van der Waals surface area contributed by atoms with Crippen LogP contribution in [0.5, 0.6) is 0 Å². The Morgan fingerprint density at radius 1 is 1.32 bits per heavy atom. The normalized spacial score (nSPS) is 19.0. The van der Waals surface area contributed by atoms with E-state index in [0.717, 1.165) is 37.8 Å². The van der Waals surface area contributed by atoms with E-state index in [9.17, 15) is 5.11 Å². The number of aryl methyl sites for hydroxylation is 2. The zero-order valence-electron chi connectivity index (χ0n) is 12.7. The molecular weight excluding hydrogens is 238 g/mol. The highest BCUT2D eigenvalue weighted by atomic mass is 16.3. The lowest BCUT2D eigenvalue weighted by Crippen LogP contribution is -2.43. The molecular formula is C15H27N3O.